The summed E-state index contributed by atoms with van der Waals surface area (Å²) in [6, 6.07) is 5.97. The summed E-state index contributed by atoms with van der Waals surface area (Å²) in [5.74, 6) is 3.77. The lowest BCUT2D eigenvalue weighted by Crippen LogP contribution is -2.57. The minimum Gasteiger partial charge on any atom is -0.387 e. The second-order valence-electron chi connectivity index (χ2n) is 12.7. The third-order valence-electron chi connectivity index (χ3n) is 10.9. The third-order valence-corrected chi connectivity index (χ3v) is 10.9. The summed E-state index contributed by atoms with van der Waals surface area (Å²) in [7, 11) is 1.70. The maximum Gasteiger partial charge on any atom is 0.251 e. The van der Waals surface area contributed by atoms with Gasteiger partial charge in [0.15, 0.2) is 0 Å². The molecule has 4 saturated carbocycles. The predicted octanol–water partition coefficient (Wildman–Crippen LogP) is 5.98. The predicted molar refractivity (Wildman–Crippen MR) is 135 cm³/mol. The molecule has 9 atom stereocenters. The van der Waals surface area contributed by atoms with Crippen LogP contribution in [0, 0.1) is 46.7 Å². The smallest absolute Gasteiger partial charge is 0.251 e. The number of nitrogens with one attached hydrogen (secondary N) is 1. The van der Waals surface area contributed by atoms with Crippen LogP contribution >= 0.6 is 0 Å². The molecule has 2 N–H and O–H groups in total. The van der Waals surface area contributed by atoms with Gasteiger partial charge in [-0.3, -0.25) is 4.79 Å². The first-order valence-corrected chi connectivity index (χ1v) is 14.0. The van der Waals surface area contributed by atoms with Crippen molar-refractivity contribution in [2.75, 3.05) is 13.7 Å². The van der Waals surface area contributed by atoms with Crippen molar-refractivity contribution in [3.05, 3.63) is 35.6 Å². The molecule has 0 spiro atoms. The molecule has 4 nitrogen and oxygen atoms in total. The number of ether oxygens (including phenoxy) is 1. The van der Waals surface area contributed by atoms with Gasteiger partial charge < -0.3 is 15.2 Å². The van der Waals surface area contributed by atoms with E-state index in [0.29, 0.717) is 24.0 Å². The molecule has 194 valence electrons. The Balaban J connectivity index is 1.28. The molecule has 5 rings (SSSR count). The molecule has 0 saturated heterocycles. The first-order valence-electron chi connectivity index (χ1n) is 14.0. The van der Waals surface area contributed by atoms with E-state index in [0.717, 1.165) is 42.9 Å². The Morgan fingerprint density at radius 2 is 1.83 bits per heavy atom. The van der Waals surface area contributed by atoms with Crippen LogP contribution in [0.15, 0.2) is 24.3 Å². The molecule has 0 heterocycles. The van der Waals surface area contributed by atoms with Crippen molar-refractivity contribution in [3.8, 4) is 0 Å². The van der Waals surface area contributed by atoms with Gasteiger partial charge in [0, 0.05) is 18.7 Å². The Morgan fingerprint density at radius 1 is 1.09 bits per heavy atom. The van der Waals surface area contributed by atoms with Crippen LogP contribution < -0.4 is 5.32 Å². The van der Waals surface area contributed by atoms with Crippen LogP contribution in [0.3, 0.4) is 0 Å². The lowest BCUT2D eigenvalue weighted by atomic mass is 9.44. The normalized spacial score (nSPS) is 41.7. The molecule has 1 aromatic carbocycles. The number of rotatable bonds is 5. The Labute approximate surface area is 210 Å². The Hall–Kier alpha value is -1.46. The zero-order valence-corrected chi connectivity index (χ0v) is 21.8. The van der Waals surface area contributed by atoms with Gasteiger partial charge in [-0.15, -0.1) is 0 Å². The van der Waals surface area contributed by atoms with Crippen LogP contribution in [0.5, 0.6) is 0 Å². The van der Waals surface area contributed by atoms with Gasteiger partial charge in [-0.1, -0.05) is 13.3 Å². The minimum atomic E-state index is -0.625. The van der Waals surface area contributed by atoms with Gasteiger partial charge >= 0.3 is 0 Å². The molecule has 0 bridgehead atoms. The summed E-state index contributed by atoms with van der Waals surface area (Å²) in [6.07, 6.45) is 11.7. The molecule has 1 unspecified atom stereocenters. The molecule has 4 aliphatic carbocycles. The maximum atomic E-state index is 13.3. The molecule has 1 amide bonds. The van der Waals surface area contributed by atoms with E-state index in [4.69, 9.17) is 4.74 Å². The molecule has 0 aromatic heterocycles. The fourth-order valence-corrected chi connectivity index (χ4v) is 9.41. The zero-order chi connectivity index (χ0) is 24.8. The number of amides is 1. The summed E-state index contributed by atoms with van der Waals surface area (Å²) in [5, 5.41) is 14.3. The average molecular weight is 486 g/mol. The molecule has 4 fully saturated rings. The summed E-state index contributed by atoms with van der Waals surface area (Å²) >= 11 is 0. The number of benzene rings is 1. The second kappa shape index (κ2) is 9.78. The average Bonchev–Trinajstić information content (AvgIpc) is 2.83. The number of hydrogen-bond donors (Lipinski definition) is 2. The first kappa shape index (κ1) is 25.2. The Morgan fingerprint density at radius 3 is 2.57 bits per heavy atom. The quantitative estimate of drug-likeness (QED) is 0.539. The van der Waals surface area contributed by atoms with Crippen molar-refractivity contribution < 1.29 is 19.0 Å². The number of aliphatic hydroxyl groups is 1. The van der Waals surface area contributed by atoms with E-state index in [1.807, 2.05) is 0 Å². The first-order chi connectivity index (χ1) is 16.7. The lowest BCUT2D eigenvalue weighted by Gasteiger charge is -2.61. The van der Waals surface area contributed by atoms with Gasteiger partial charge in [0.1, 0.15) is 5.82 Å². The topological polar surface area (TPSA) is 58.6 Å². The van der Waals surface area contributed by atoms with Crippen molar-refractivity contribution in [2.45, 2.75) is 89.7 Å². The van der Waals surface area contributed by atoms with Crippen LogP contribution in [0.1, 0.15) is 88.4 Å². The van der Waals surface area contributed by atoms with Crippen LogP contribution in [0.25, 0.3) is 0 Å². The van der Waals surface area contributed by atoms with E-state index >= 15 is 0 Å². The Bertz CT molecular complexity index is 905. The van der Waals surface area contributed by atoms with Crippen molar-refractivity contribution in [2.24, 2.45) is 40.9 Å². The number of halogens is 1. The summed E-state index contributed by atoms with van der Waals surface area (Å²) in [4.78, 5) is 12.9. The fourth-order valence-electron chi connectivity index (χ4n) is 9.41. The highest BCUT2D eigenvalue weighted by molar-refractivity contribution is 5.94. The van der Waals surface area contributed by atoms with E-state index in [-0.39, 0.29) is 23.2 Å². The number of carbonyl (C=O) groups is 1. The van der Waals surface area contributed by atoms with Gasteiger partial charge in [-0.25, -0.2) is 4.39 Å². The van der Waals surface area contributed by atoms with Crippen LogP contribution in [0.2, 0.25) is 0 Å². The van der Waals surface area contributed by atoms with Crippen molar-refractivity contribution in [3.63, 3.8) is 0 Å². The van der Waals surface area contributed by atoms with Gasteiger partial charge in [0.25, 0.3) is 5.91 Å². The largest absolute Gasteiger partial charge is 0.387 e. The Kier molecular flexibility index (Phi) is 7.04. The highest BCUT2D eigenvalue weighted by atomic mass is 19.1. The van der Waals surface area contributed by atoms with E-state index in [1.54, 1.807) is 19.2 Å². The van der Waals surface area contributed by atoms with E-state index in [9.17, 15) is 14.3 Å². The molecule has 4 aliphatic rings. The van der Waals surface area contributed by atoms with Gasteiger partial charge in [-0.2, -0.15) is 0 Å². The number of carbonyl (C=O) groups excluding carboxylic acids is 1. The highest BCUT2D eigenvalue weighted by Gasteiger charge is 2.57. The van der Waals surface area contributed by atoms with Crippen molar-refractivity contribution >= 4 is 5.91 Å². The third kappa shape index (κ3) is 4.68. The standard InChI is InChI=1S/C30H44FNO3/c1-19(32-28(33)20-7-10-22(31)11-8-20)26-5-4-6-27-25-12-9-21-17-30(34,18-35-3)16-14-23(21)24(25)13-15-29(26,27)2/h7-8,10-11,19,21,23-27,34H,4-6,9,12-18H2,1-3H3,(H,32,33)/t19-,21-,23+,24?,25-,26-,27+,29-,30-/m1/s1. The fraction of sp³-hybridized carbons (Fsp3) is 0.767. The van der Waals surface area contributed by atoms with E-state index < -0.39 is 5.60 Å². The van der Waals surface area contributed by atoms with Crippen LogP contribution in [-0.2, 0) is 4.74 Å². The van der Waals surface area contributed by atoms with Gasteiger partial charge in [-0.05, 0) is 130 Å². The van der Waals surface area contributed by atoms with Gasteiger partial charge in [0.2, 0.25) is 0 Å². The highest BCUT2D eigenvalue weighted by Crippen LogP contribution is 2.63. The molecular weight excluding hydrogens is 441 g/mol. The lowest BCUT2D eigenvalue weighted by molar-refractivity contribution is -0.142. The zero-order valence-electron chi connectivity index (χ0n) is 21.8. The van der Waals surface area contributed by atoms with Gasteiger partial charge in [0.05, 0.1) is 12.2 Å². The van der Waals surface area contributed by atoms with Crippen LogP contribution in [0.4, 0.5) is 4.39 Å². The molecule has 0 radical (unpaired) electrons. The second-order valence-corrected chi connectivity index (χ2v) is 12.7. The van der Waals surface area contributed by atoms with Crippen molar-refractivity contribution in [1.82, 2.24) is 5.32 Å². The molecular formula is C30H44FNO3. The number of fused-ring (bicyclic) bond motifs is 5. The molecule has 0 aliphatic heterocycles. The van der Waals surface area contributed by atoms with E-state index in [2.05, 4.69) is 19.2 Å². The summed E-state index contributed by atoms with van der Waals surface area (Å²) < 4.78 is 18.7. The summed E-state index contributed by atoms with van der Waals surface area (Å²) in [5.41, 5.74) is 0.163. The summed E-state index contributed by atoms with van der Waals surface area (Å²) in [6.45, 7) is 5.16. The van der Waals surface area contributed by atoms with Crippen LogP contribution in [-0.4, -0.2) is 36.4 Å². The maximum absolute atomic E-state index is 13.3. The molecule has 5 heteroatoms. The number of methoxy groups -OCH3 is 1. The molecule has 35 heavy (non-hydrogen) atoms. The SMILES string of the molecule is COC[C@@]1(O)CC[C@@H]2C3CC[C@]4(C)[C@@H]([C@@H](C)NC(=O)c5ccc(F)cc5)CCC[C@H]4[C@@H]3CC[C@@H]2C1. The molecule has 1 aromatic rings. The number of hydrogen-bond acceptors (Lipinski definition) is 3. The monoisotopic (exact) mass is 485 g/mol. The van der Waals surface area contributed by atoms with E-state index in [1.165, 1.54) is 57.1 Å². The van der Waals surface area contributed by atoms with Crippen molar-refractivity contribution in [1.29, 1.82) is 0 Å². The minimum absolute atomic E-state index is 0.0943.